The summed E-state index contributed by atoms with van der Waals surface area (Å²) in [5.41, 5.74) is 0.965. The molecule has 0 radical (unpaired) electrons. The lowest BCUT2D eigenvalue weighted by Crippen LogP contribution is -3.14. The van der Waals surface area contributed by atoms with Crippen LogP contribution in [0.3, 0.4) is 0 Å². The third-order valence-corrected chi connectivity index (χ3v) is 6.34. The number of halogens is 1. The number of rotatable bonds is 4. The number of thiophene rings is 1. The quantitative estimate of drug-likeness (QED) is 0.660. The van der Waals surface area contributed by atoms with Crippen molar-refractivity contribution in [3.05, 3.63) is 68.8 Å². The van der Waals surface area contributed by atoms with Crippen molar-refractivity contribution >= 4 is 41.1 Å². The molecule has 1 aliphatic heterocycles. The molecule has 1 saturated heterocycles. The number of amides is 1. The van der Waals surface area contributed by atoms with Crippen molar-refractivity contribution in [2.24, 2.45) is 0 Å². The molecule has 5 nitrogen and oxygen atoms in total. The molecule has 1 amide bonds. The van der Waals surface area contributed by atoms with E-state index in [1.165, 1.54) is 16.2 Å². The van der Waals surface area contributed by atoms with Crippen LogP contribution in [0.15, 0.2) is 54.2 Å². The minimum Gasteiger partial charge on any atom is -0.327 e. The first-order chi connectivity index (χ1) is 13.1. The lowest BCUT2D eigenvalue weighted by molar-refractivity contribution is -0.926. The zero-order valence-corrected chi connectivity index (χ0v) is 17.1. The highest BCUT2D eigenvalue weighted by atomic mass is 35.5. The largest absolute Gasteiger partial charge is 0.327 e. The first kappa shape index (κ1) is 18.4. The maximum Gasteiger partial charge on any atom is 0.264 e. The summed E-state index contributed by atoms with van der Waals surface area (Å²) in [7, 11) is 0. The molecule has 8 heteroatoms. The minimum atomic E-state index is 0.146. The van der Waals surface area contributed by atoms with Gasteiger partial charge in [-0.1, -0.05) is 23.7 Å². The SMILES string of the molecule is O=C(c1cccs1)N1CC[NH+](Cn2ccn(-c3cccc(Cl)c3)c2=S)CC1. The van der Waals surface area contributed by atoms with Gasteiger partial charge in [0, 0.05) is 23.1 Å². The first-order valence-electron chi connectivity index (χ1n) is 8.82. The molecule has 1 aliphatic rings. The van der Waals surface area contributed by atoms with Crippen molar-refractivity contribution < 1.29 is 9.69 Å². The summed E-state index contributed by atoms with van der Waals surface area (Å²) in [6.07, 6.45) is 3.99. The summed E-state index contributed by atoms with van der Waals surface area (Å²) in [6, 6.07) is 11.5. The normalized spacial score (nSPS) is 15.2. The lowest BCUT2D eigenvalue weighted by Gasteiger charge is -2.32. The molecule has 4 rings (SSSR count). The minimum absolute atomic E-state index is 0.146. The predicted octanol–water partition coefficient (Wildman–Crippen LogP) is 2.72. The molecule has 3 heterocycles. The fourth-order valence-corrected chi connectivity index (χ4v) is 4.50. The number of piperazine rings is 1. The maximum atomic E-state index is 12.5. The fraction of sp³-hybridized carbons (Fsp3) is 0.263. The van der Waals surface area contributed by atoms with E-state index >= 15 is 0 Å². The Hall–Kier alpha value is -1.93. The second-order valence-electron chi connectivity index (χ2n) is 6.58. The summed E-state index contributed by atoms with van der Waals surface area (Å²) in [6.45, 7) is 4.18. The molecule has 2 aromatic heterocycles. The summed E-state index contributed by atoms with van der Waals surface area (Å²) in [5.74, 6) is 0.146. The van der Waals surface area contributed by atoms with Crippen molar-refractivity contribution in [2.75, 3.05) is 26.2 Å². The highest BCUT2D eigenvalue weighted by Gasteiger charge is 2.25. The molecular formula is C19H20ClN4OS2+. The molecule has 0 atom stereocenters. The van der Waals surface area contributed by atoms with Crippen LogP contribution >= 0.6 is 35.2 Å². The van der Waals surface area contributed by atoms with Crippen molar-refractivity contribution in [2.45, 2.75) is 6.67 Å². The third-order valence-electron chi connectivity index (χ3n) is 4.82. The van der Waals surface area contributed by atoms with E-state index in [4.69, 9.17) is 23.8 Å². The van der Waals surface area contributed by atoms with E-state index in [1.54, 1.807) is 0 Å². The van der Waals surface area contributed by atoms with Gasteiger partial charge in [0.2, 0.25) is 0 Å². The number of hydrogen-bond donors (Lipinski definition) is 1. The summed E-state index contributed by atoms with van der Waals surface area (Å²) in [5, 5.41) is 2.64. The van der Waals surface area contributed by atoms with Crippen LogP contribution in [-0.2, 0) is 6.67 Å². The first-order valence-corrected chi connectivity index (χ1v) is 10.5. The van der Waals surface area contributed by atoms with E-state index < -0.39 is 0 Å². The number of quaternary nitrogens is 1. The third kappa shape index (κ3) is 4.01. The Balaban J connectivity index is 1.40. The van der Waals surface area contributed by atoms with Crippen LogP contribution < -0.4 is 4.90 Å². The molecule has 0 unspecified atom stereocenters. The van der Waals surface area contributed by atoms with Crippen LogP contribution in [0.4, 0.5) is 0 Å². The van der Waals surface area contributed by atoms with Crippen LogP contribution in [0.25, 0.3) is 5.69 Å². The van der Waals surface area contributed by atoms with E-state index in [-0.39, 0.29) is 5.91 Å². The highest BCUT2D eigenvalue weighted by Crippen LogP contribution is 2.16. The standard InChI is InChI=1S/C19H19ClN4OS2/c20-15-3-1-4-16(13-15)24-11-10-23(19(24)26)14-21-6-8-22(9-7-21)18(25)17-5-2-12-27-17/h1-5,10-13H,6-9,14H2/p+1. The van der Waals surface area contributed by atoms with Crippen molar-refractivity contribution in [3.63, 3.8) is 0 Å². The van der Waals surface area contributed by atoms with E-state index in [1.807, 2.05) is 63.6 Å². The van der Waals surface area contributed by atoms with Crippen molar-refractivity contribution in [1.82, 2.24) is 14.0 Å². The van der Waals surface area contributed by atoms with Crippen LogP contribution in [0.2, 0.25) is 5.02 Å². The molecule has 1 fully saturated rings. The average Bonchev–Trinajstić information content (AvgIpc) is 3.33. The molecule has 0 saturated carbocycles. The Labute approximate surface area is 172 Å². The topological polar surface area (TPSA) is 34.6 Å². The van der Waals surface area contributed by atoms with Gasteiger partial charge >= 0.3 is 0 Å². The summed E-state index contributed by atoms with van der Waals surface area (Å²) in [4.78, 5) is 16.6. The van der Waals surface area contributed by atoms with Gasteiger partial charge in [-0.3, -0.25) is 13.9 Å². The van der Waals surface area contributed by atoms with Gasteiger partial charge in [0.05, 0.1) is 31.1 Å². The predicted molar refractivity (Wildman–Crippen MR) is 111 cm³/mol. The second kappa shape index (κ2) is 7.98. The maximum absolute atomic E-state index is 12.5. The van der Waals surface area contributed by atoms with Crippen molar-refractivity contribution in [3.8, 4) is 5.69 Å². The van der Waals surface area contributed by atoms with Crippen LogP contribution in [0.5, 0.6) is 0 Å². The molecule has 140 valence electrons. The number of aromatic nitrogens is 2. The zero-order valence-electron chi connectivity index (χ0n) is 14.7. The van der Waals surface area contributed by atoms with Gasteiger partial charge < -0.3 is 9.80 Å². The van der Waals surface area contributed by atoms with Gasteiger partial charge in [0.1, 0.15) is 0 Å². The van der Waals surface area contributed by atoms with E-state index in [0.717, 1.165) is 48.2 Å². The van der Waals surface area contributed by atoms with Gasteiger partial charge in [0.25, 0.3) is 5.91 Å². The van der Waals surface area contributed by atoms with Gasteiger partial charge in [0.15, 0.2) is 11.4 Å². The number of nitrogens with zero attached hydrogens (tertiary/aromatic N) is 3. The highest BCUT2D eigenvalue weighted by molar-refractivity contribution is 7.71. The lowest BCUT2D eigenvalue weighted by atomic mass is 10.3. The molecule has 3 aromatic rings. The number of carbonyl (C=O) groups is 1. The summed E-state index contributed by atoms with van der Waals surface area (Å²) < 4.78 is 4.81. The Morgan fingerprint density at radius 3 is 2.70 bits per heavy atom. The second-order valence-corrected chi connectivity index (χ2v) is 8.33. The number of hydrogen-bond acceptors (Lipinski definition) is 3. The Bertz CT molecular complexity index is 987. The Morgan fingerprint density at radius 1 is 1.19 bits per heavy atom. The molecule has 0 spiro atoms. The monoisotopic (exact) mass is 419 g/mol. The van der Waals surface area contributed by atoms with Gasteiger partial charge in [-0.25, -0.2) is 0 Å². The molecule has 1 aromatic carbocycles. The smallest absolute Gasteiger partial charge is 0.264 e. The molecule has 27 heavy (non-hydrogen) atoms. The van der Waals surface area contributed by atoms with E-state index in [2.05, 4.69) is 4.57 Å². The van der Waals surface area contributed by atoms with E-state index in [0.29, 0.717) is 5.02 Å². The van der Waals surface area contributed by atoms with E-state index in [9.17, 15) is 4.79 Å². The number of imidazole rings is 1. The molecule has 1 N–H and O–H groups in total. The Morgan fingerprint density at radius 2 is 2.00 bits per heavy atom. The number of nitrogens with one attached hydrogen (secondary N) is 1. The van der Waals surface area contributed by atoms with Crippen LogP contribution in [0, 0.1) is 4.77 Å². The van der Waals surface area contributed by atoms with Crippen LogP contribution in [-0.4, -0.2) is 46.1 Å². The average molecular weight is 420 g/mol. The summed E-state index contributed by atoms with van der Waals surface area (Å²) >= 11 is 13.2. The molecule has 0 aliphatic carbocycles. The number of benzene rings is 1. The van der Waals surface area contributed by atoms with Gasteiger partial charge in [-0.2, -0.15) is 0 Å². The van der Waals surface area contributed by atoms with Gasteiger partial charge in [-0.15, -0.1) is 11.3 Å². The van der Waals surface area contributed by atoms with Crippen LogP contribution in [0.1, 0.15) is 9.67 Å². The Kier molecular flexibility index (Phi) is 5.45. The molecular weight excluding hydrogens is 400 g/mol. The van der Waals surface area contributed by atoms with Gasteiger partial charge in [-0.05, 0) is 41.9 Å². The molecule has 0 bridgehead atoms. The zero-order chi connectivity index (χ0) is 18.8. The van der Waals surface area contributed by atoms with Crippen molar-refractivity contribution in [1.29, 1.82) is 0 Å². The fourth-order valence-electron chi connectivity index (χ4n) is 3.34. The number of carbonyl (C=O) groups excluding carboxylic acids is 1.